The first-order valence-corrected chi connectivity index (χ1v) is 3.02. The molecule has 0 aliphatic heterocycles. The van der Waals surface area contributed by atoms with Gasteiger partial charge in [-0.1, -0.05) is 27.0 Å². The van der Waals surface area contributed by atoms with Crippen LogP contribution in [0.4, 0.5) is 0 Å². The summed E-state index contributed by atoms with van der Waals surface area (Å²) in [6.45, 7) is 11.2. The average Bonchev–Trinajstić information content (AvgIpc) is 2.23. The molecule has 0 radical (unpaired) electrons. The number of furan rings is 1. The monoisotopic (exact) mass is 124 g/mol. The van der Waals surface area contributed by atoms with Gasteiger partial charge < -0.3 is 4.42 Å². The first-order valence-electron chi connectivity index (χ1n) is 3.02. The minimum atomic E-state index is 0.653. The minimum absolute atomic E-state index is 0.653. The zero-order chi connectivity index (χ0) is 7.28. The van der Waals surface area contributed by atoms with Crippen molar-refractivity contribution >= 4 is 13.2 Å². The summed E-state index contributed by atoms with van der Waals surface area (Å²) in [5, 5.41) is 0.861. The van der Waals surface area contributed by atoms with Crippen molar-refractivity contribution in [1.82, 2.24) is 0 Å². The predicted molar refractivity (Wildman–Crippen MR) is 40.4 cm³/mol. The van der Waals surface area contributed by atoms with Crippen LogP contribution in [0.1, 0.15) is 13.8 Å². The van der Waals surface area contributed by atoms with Crippen LogP contribution < -0.4 is 10.6 Å². The molecule has 1 aromatic heterocycles. The molecule has 0 saturated carbocycles. The molecule has 50 valence electrons. The summed E-state index contributed by atoms with van der Waals surface area (Å²) in [5.41, 5.74) is 0.653. The van der Waals surface area contributed by atoms with Crippen LogP contribution in [0.25, 0.3) is 13.2 Å². The lowest BCUT2D eigenvalue weighted by molar-refractivity contribution is 0.533. The number of hydrogen-bond donors (Lipinski definition) is 0. The van der Waals surface area contributed by atoms with Gasteiger partial charge in [-0.25, -0.2) is 0 Å². The quantitative estimate of drug-likeness (QED) is 0.505. The summed E-state index contributed by atoms with van der Waals surface area (Å²) in [5.74, 6) is 0. The highest BCUT2D eigenvalue weighted by molar-refractivity contribution is 5.06. The van der Waals surface area contributed by atoms with Crippen LogP contribution in [0.3, 0.4) is 0 Å². The van der Waals surface area contributed by atoms with E-state index in [4.69, 9.17) is 4.42 Å². The van der Waals surface area contributed by atoms with Crippen molar-refractivity contribution in [3.8, 4) is 0 Å². The second-order valence-corrected chi connectivity index (χ2v) is 1.37. The maximum Gasteiger partial charge on any atom is 0.126 e. The second-order valence-electron chi connectivity index (χ2n) is 1.37. The van der Waals surface area contributed by atoms with E-state index in [1.807, 2.05) is 13.8 Å². The summed E-state index contributed by atoms with van der Waals surface area (Å²) in [7, 11) is 0. The Hall–Kier alpha value is -0.980. The molecule has 0 aliphatic rings. The normalized spacial score (nSPS) is 7.78. The van der Waals surface area contributed by atoms with Gasteiger partial charge in [-0.3, -0.25) is 0 Å². The van der Waals surface area contributed by atoms with Crippen molar-refractivity contribution in [2.24, 2.45) is 0 Å². The molecule has 0 amide bonds. The van der Waals surface area contributed by atoms with Gasteiger partial charge in [0.25, 0.3) is 0 Å². The van der Waals surface area contributed by atoms with E-state index in [9.17, 15) is 0 Å². The van der Waals surface area contributed by atoms with Gasteiger partial charge in [0.05, 0.1) is 6.26 Å². The Labute approximate surface area is 55.3 Å². The Kier molecular flexibility index (Phi) is 3.52. The van der Waals surface area contributed by atoms with E-state index >= 15 is 0 Å². The molecule has 9 heavy (non-hydrogen) atoms. The SMILES string of the molecule is C=c1ccoc1=C.CC. The van der Waals surface area contributed by atoms with Crippen LogP contribution >= 0.6 is 0 Å². The molecule has 1 heteroatoms. The Morgan fingerprint density at radius 2 is 1.89 bits per heavy atom. The van der Waals surface area contributed by atoms with E-state index in [0.717, 1.165) is 5.22 Å². The number of hydrogen-bond acceptors (Lipinski definition) is 1. The highest BCUT2D eigenvalue weighted by atomic mass is 16.3. The second kappa shape index (κ2) is 3.96. The van der Waals surface area contributed by atoms with Crippen molar-refractivity contribution in [2.45, 2.75) is 13.8 Å². The van der Waals surface area contributed by atoms with Gasteiger partial charge >= 0.3 is 0 Å². The van der Waals surface area contributed by atoms with Gasteiger partial charge in [0.1, 0.15) is 5.42 Å². The first kappa shape index (κ1) is 8.02. The van der Waals surface area contributed by atoms with E-state index in [1.165, 1.54) is 0 Å². The van der Waals surface area contributed by atoms with Crippen molar-refractivity contribution in [3.05, 3.63) is 23.0 Å². The van der Waals surface area contributed by atoms with Crippen molar-refractivity contribution in [2.75, 3.05) is 0 Å². The topological polar surface area (TPSA) is 13.1 Å². The first-order chi connectivity index (χ1) is 4.30. The Bertz CT molecular complexity index is 209. The molecule has 0 spiro atoms. The zero-order valence-electron chi connectivity index (χ0n) is 5.98. The maximum absolute atomic E-state index is 4.79. The van der Waals surface area contributed by atoms with Crippen molar-refractivity contribution in [3.63, 3.8) is 0 Å². The van der Waals surface area contributed by atoms with Gasteiger partial charge in [0.15, 0.2) is 0 Å². The van der Waals surface area contributed by atoms with Gasteiger partial charge in [-0.2, -0.15) is 0 Å². The molecular formula is C8H12O. The summed E-state index contributed by atoms with van der Waals surface area (Å²) >= 11 is 0. The average molecular weight is 124 g/mol. The molecule has 0 saturated heterocycles. The fourth-order valence-corrected chi connectivity index (χ4v) is 0.367. The van der Waals surface area contributed by atoms with Gasteiger partial charge in [0.2, 0.25) is 0 Å². The highest BCUT2D eigenvalue weighted by Crippen LogP contribution is 1.61. The molecule has 0 N–H and O–H groups in total. The molecule has 0 atom stereocenters. The lowest BCUT2D eigenvalue weighted by Crippen LogP contribution is -2.13. The van der Waals surface area contributed by atoms with Crippen LogP contribution in [-0.4, -0.2) is 0 Å². The van der Waals surface area contributed by atoms with E-state index in [-0.39, 0.29) is 0 Å². The Balaban J connectivity index is 0.000000291. The highest BCUT2D eigenvalue weighted by Gasteiger charge is 1.74. The fourth-order valence-electron chi connectivity index (χ4n) is 0.367. The minimum Gasteiger partial charge on any atom is -0.465 e. The Morgan fingerprint density at radius 1 is 1.33 bits per heavy atom. The van der Waals surface area contributed by atoms with Crippen LogP contribution in [0.2, 0.25) is 0 Å². The standard InChI is InChI=1S/C6H6O.C2H6/c1-5-3-4-7-6(5)2;1-2/h3-4H,1-2H2;1-2H3. The van der Waals surface area contributed by atoms with Crippen LogP contribution in [0.15, 0.2) is 16.7 Å². The van der Waals surface area contributed by atoms with E-state index < -0.39 is 0 Å². The third-order valence-corrected chi connectivity index (χ3v) is 0.838. The third-order valence-electron chi connectivity index (χ3n) is 0.838. The largest absolute Gasteiger partial charge is 0.465 e. The van der Waals surface area contributed by atoms with E-state index in [1.54, 1.807) is 12.3 Å². The molecule has 1 rings (SSSR count). The van der Waals surface area contributed by atoms with Gasteiger partial charge in [-0.05, 0) is 6.07 Å². The van der Waals surface area contributed by atoms with Crippen LogP contribution in [0.5, 0.6) is 0 Å². The molecule has 0 fully saturated rings. The smallest absolute Gasteiger partial charge is 0.126 e. The van der Waals surface area contributed by atoms with E-state index in [2.05, 4.69) is 13.2 Å². The van der Waals surface area contributed by atoms with Crippen molar-refractivity contribution in [1.29, 1.82) is 0 Å². The summed E-state index contributed by atoms with van der Waals surface area (Å²) in [6.07, 6.45) is 1.57. The maximum atomic E-state index is 4.79. The molecule has 0 aliphatic carbocycles. The van der Waals surface area contributed by atoms with E-state index in [0.29, 0.717) is 5.42 Å². The van der Waals surface area contributed by atoms with Crippen molar-refractivity contribution < 1.29 is 4.42 Å². The predicted octanol–water partition coefficient (Wildman–Crippen LogP) is 1.13. The Morgan fingerprint density at radius 3 is 2.00 bits per heavy atom. The lowest BCUT2D eigenvalue weighted by atomic mass is 10.5. The third kappa shape index (κ3) is 2.17. The number of rotatable bonds is 0. The van der Waals surface area contributed by atoms with Crippen LogP contribution in [-0.2, 0) is 0 Å². The summed E-state index contributed by atoms with van der Waals surface area (Å²) in [4.78, 5) is 0. The van der Waals surface area contributed by atoms with Crippen LogP contribution in [0, 0.1) is 0 Å². The van der Waals surface area contributed by atoms with Gasteiger partial charge in [0, 0.05) is 5.22 Å². The molecule has 0 bridgehead atoms. The van der Waals surface area contributed by atoms with Gasteiger partial charge in [-0.15, -0.1) is 0 Å². The molecule has 0 aromatic carbocycles. The molecule has 1 heterocycles. The molecule has 1 nitrogen and oxygen atoms in total. The lowest BCUT2D eigenvalue weighted by Gasteiger charge is -1.61. The zero-order valence-corrected chi connectivity index (χ0v) is 5.98. The molecule has 0 unspecified atom stereocenters. The molecular weight excluding hydrogens is 112 g/mol. The summed E-state index contributed by atoms with van der Waals surface area (Å²) in [6, 6.07) is 1.78. The summed E-state index contributed by atoms with van der Waals surface area (Å²) < 4.78 is 4.79. The fraction of sp³-hybridized carbons (Fsp3) is 0.250. The molecule has 1 aromatic rings.